The van der Waals surface area contributed by atoms with Crippen molar-refractivity contribution in [3.8, 4) is 0 Å². The molecule has 4 nitrogen and oxygen atoms in total. The molecule has 2 aromatic heterocycles. The first-order valence-electron chi connectivity index (χ1n) is 6.06. The lowest BCUT2D eigenvalue weighted by Crippen LogP contribution is -2.17. The molecule has 0 aromatic carbocycles. The van der Waals surface area contributed by atoms with Gasteiger partial charge in [0.05, 0.1) is 18.8 Å². The Hall–Kier alpha value is -1.65. The van der Waals surface area contributed by atoms with E-state index in [1.807, 2.05) is 37.3 Å². The Balaban J connectivity index is 1.94. The number of furan rings is 1. The Kier molecular flexibility index (Phi) is 4.12. The van der Waals surface area contributed by atoms with Crippen molar-refractivity contribution in [2.24, 2.45) is 5.73 Å². The van der Waals surface area contributed by atoms with Gasteiger partial charge in [0.2, 0.25) is 0 Å². The highest BCUT2D eigenvalue weighted by Gasteiger charge is 2.06. The van der Waals surface area contributed by atoms with Crippen LogP contribution in [-0.4, -0.2) is 16.9 Å². The first kappa shape index (κ1) is 12.8. The van der Waals surface area contributed by atoms with E-state index in [-0.39, 0.29) is 0 Å². The average Bonchev–Trinajstić information content (AvgIpc) is 2.76. The minimum atomic E-state index is 0.448. The second-order valence-corrected chi connectivity index (χ2v) is 4.51. The first-order valence-corrected chi connectivity index (χ1v) is 6.06. The Labute approximate surface area is 107 Å². The lowest BCUT2D eigenvalue weighted by Gasteiger charge is -2.14. The molecule has 0 fully saturated rings. The lowest BCUT2D eigenvalue weighted by atomic mass is 10.3. The summed E-state index contributed by atoms with van der Waals surface area (Å²) in [7, 11) is 2.05. The van der Waals surface area contributed by atoms with Crippen LogP contribution in [0.15, 0.2) is 34.7 Å². The smallest absolute Gasteiger partial charge is 0.118 e. The van der Waals surface area contributed by atoms with E-state index in [0.717, 1.165) is 36.0 Å². The monoisotopic (exact) mass is 245 g/mol. The van der Waals surface area contributed by atoms with Gasteiger partial charge < -0.3 is 10.2 Å². The number of nitrogens with two attached hydrogens (primary N) is 1. The third-order valence-electron chi connectivity index (χ3n) is 2.72. The Morgan fingerprint density at radius 1 is 1.17 bits per heavy atom. The Morgan fingerprint density at radius 2 is 1.94 bits per heavy atom. The van der Waals surface area contributed by atoms with Gasteiger partial charge in [0, 0.05) is 12.2 Å². The van der Waals surface area contributed by atoms with Crippen molar-refractivity contribution in [2.75, 3.05) is 7.05 Å². The Morgan fingerprint density at radius 3 is 2.61 bits per heavy atom. The van der Waals surface area contributed by atoms with Crippen molar-refractivity contribution in [1.29, 1.82) is 0 Å². The maximum absolute atomic E-state index is 5.58. The molecule has 0 unspecified atom stereocenters. The summed E-state index contributed by atoms with van der Waals surface area (Å²) in [4.78, 5) is 6.65. The average molecular weight is 245 g/mol. The molecule has 0 aliphatic rings. The molecule has 0 atom stereocenters. The first-order chi connectivity index (χ1) is 8.67. The van der Waals surface area contributed by atoms with Gasteiger partial charge in [0.15, 0.2) is 0 Å². The van der Waals surface area contributed by atoms with Crippen LogP contribution in [0, 0.1) is 6.92 Å². The molecule has 0 aliphatic heterocycles. The normalized spacial score (nSPS) is 11.1. The van der Waals surface area contributed by atoms with Crippen molar-refractivity contribution in [2.45, 2.75) is 26.6 Å². The number of pyridine rings is 1. The van der Waals surface area contributed by atoms with Crippen molar-refractivity contribution < 1.29 is 4.42 Å². The molecular formula is C14H19N3O. The second-order valence-electron chi connectivity index (χ2n) is 4.51. The zero-order chi connectivity index (χ0) is 13.0. The zero-order valence-electron chi connectivity index (χ0n) is 10.9. The third-order valence-corrected chi connectivity index (χ3v) is 2.72. The summed E-state index contributed by atoms with van der Waals surface area (Å²) in [6.07, 6.45) is 0. The summed E-state index contributed by atoms with van der Waals surface area (Å²) in [5.74, 6) is 1.76. The van der Waals surface area contributed by atoms with Crippen LogP contribution in [0.5, 0.6) is 0 Å². The van der Waals surface area contributed by atoms with Gasteiger partial charge in [-0.25, -0.2) is 0 Å². The molecule has 96 valence electrons. The molecule has 18 heavy (non-hydrogen) atoms. The highest BCUT2D eigenvalue weighted by Crippen LogP contribution is 2.11. The van der Waals surface area contributed by atoms with Gasteiger partial charge in [-0.15, -0.1) is 0 Å². The largest absolute Gasteiger partial charge is 0.463 e. The number of hydrogen-bond acceptors (Lipinski definition) is 4. The molecule has 0 spiro atoms. The van der Waals surface area contributed by atoms with E-state index in [2.05, 4.69) is 16.9 Å². The van der Waals surface area contributed by atoms with Crippen molar-refractivity contribution in [3.63, 3.8) is 0 Å². The highest BCUT2D eigenvalue weighted by atomic mass is 16.3. The standard InChI is InChI=1S/C14H19N3O/c1-11-4-3-5-12(16-11)9-17(2)10-14-7-6-13(8-15)18-14/h3-7H,8-10,15H2,1-2H3. The molecule has 4 heteroatoms. The van der Waals surface area contributed by atoms with Crippen molar-refractivity contribution in [1.82, 2.24) is 9.88 Å². The van der Waals surface area contributed by atoms with E-state index in [9.17, 15) is 0 Å². The summed E-state index contributed by atoms with van der Waals surface area (Å²) >= 11 is 0. The van der Waals surface area contributed by atoms with Crippen LogP contribution in [-0.2, 0) is 19.6 Å². The van der Waals surface area contributed by atoms with Gasteiger partial charge in [0.1, 0.15) is 11.5 Å². The molecule has 0 radical (unpaired) electrons. The van der Waals surface area contributed by atoms with E-state index >= 15 is 0 Å². The van der Waals surface area contributed by atoms with Gasteiger partial charge >= 0.3 is 0 Å². The van der Waals surface area contributed by atoms with Crippen molar-refractivity contribution in [3.05, 3.63) is 53.2 Å². The van der Waals surface area contributed by atoms with Crippen LogP contribution in [0.4, 0.5) is 0 Å². The van der Waals surface area contributed by atoms with Gasteiger partial charge in [-0.1, -0.05) is 6.07 Å². The molecule has 0 saturated heterocycles. The van der Waals surface area contributed by atoms with Crippen LogP contribution in [0.2, 0.25) is 0 Å². The SMILES string of the molecule is Cc1cccc(CN(C)Cc2ccc(CN)o2)n1. The van der Waals surface area contributed by atoms with Gasteiger partial charge in [-0.2, -0.15) is 0 Å². The number of aromatic nitrogens is 1. The van der Waals surface area contributed by atoms with Gasteiger partial charge in [0.25, 0.3) is 0 Å². The fraction of sp³-hybridized carbons (Fsp3) is 0.357. The molecule has 0 aliphatic carbocycles. The molecule has 0 saturated carbocycles. The topological polar surface area (TPSA) is 55.3 Å². The van der Waals surface area contributed by atoms with E-state index < -0.39 is 0 Å². The number of rotatable bonds is 5. The van der Waals surface area contributed by atoms with Crippen LogP contribution < -0.4 is 5.73 Å². The maximum atomic E-state index is 5.58. The lowest BCUT2D eigenvalue weighted by molar-refractivity contribution is 0.281. The zero-order valence-corrected chi connectivity index (χ0v) is 10.9. The minimum absolute atomic E-state index is 0.448. The van der Waals surface area contributed by atoms with E-state index in [0.29, 0.717) is 6.54 Å². The third kappa shape index (κ3) is 3.42. The second kappa shape index (κ2) is 5.80. The summed E-state index contributed by atoms with van der Waals surface area (Å²) in [5.41, 5.74) is 7.63. The summed E-state index contributed by atoms with van der Waals surface area (Å²) in [6.45, 7) is 4.02. The highest BCUT2D eigenvalue weighted by molar-refractivity contribution is 5.10. The summed E-state index contributed by atoms with van der Waals surface area (Å²) in [5, 5.41) is 0. The minimum Gasteiger partial charge on any atom is -0.463 e. The van der Waals surface area contributed by atoms with Crippen LogP contribution in [0.25, 0.3) is 0 Å². The van der Waals surface area contributed by atoms with Crippen LogP contribution in [0.3, 0.4) is 0 Å². The van der Waals surface area contributed by atoms with Crippen LogP contribution >= 0.6 is 0 Å². The number of hydrogen-bond donors (Lipinski definition) is 1. The van der Waals surface area contributed by atoms with Gasteiger partial charge in [-0.3, -0.25) is 9.88 Å². The summed E-state index contributed by atoms with van der Waals surface area (Å²) < 4.78 is 5.58. The summed E-state index contributed by atoms with van der Waals surface area (Å²) in [6, 6.07) is 9.97. The molecule has 2 aromatic rings. The quantitative estimate of drug-likeness (QED) is 0.876. The molecule has 0 amide bonds. The molecule has 2 heterocycles. The molecule has 2 rings (SSSR count). The van der Waals surface area contributed by atoms with E-state index in [4.69, 9.17) is 10.2 Å². The Bertz CT molecular complexity index is 507. The molecular weight excluding hydrogens is 226 g/mol. The fourth-order valence-electron chi connectivity index (χ4n) is 1.90. The predicted molar refractivity (Wildman–Crippen MR) is 70.7 cm³/mol. The van der Waals surface area contributed by atoms with Crippen LogP contribution in [0.1, 0.15) is 22.9 Å². The maximum Gasteiger partial charge on any atom is 0.118 e. The number of nitrogens with zero attached hydrogens (tertiary/aromatic N) is 2. The molecule has 0 bridgehead atoms. The van der Waals surface area contributed by atoms with E-state index in [1.54, 1.807) is 0 Å². The number of aryl methyl sites for hydroxylation is 1. The van der Waals surface area contributed by atoms with Crippen molar-refractivity contribution >= 4 is 0 Å². The fourth-order valence-corrected chi connectivity index (χ4v) is 1.90. The molecule has 2 N–H and O–H groups in total. The van der Waals surface area contributed by atoms with E-state index in [1.165, 1.54) is 0 Å². The predicted octanol–water partition coefficient (Wildman–Crippen LogP) is 2.07. The van der Waals surface area contributed by atoms with Gasteiger partial charge in [-0.05, 0) is 38.2 Å².